The van der Waals surface area contributed by atoms with Crippen molar-refractivity contribution in [1.82, 2.24) is 14.0 Å². The van der Waals surface area contributed by atoms with Gasteiger partial charge >= 0.3 is 5.69 Å². The highest BCUT2D eigenvalue weighted by molar-refractivity contribution is 5.94. The van der Waals surface area contributed by atoms with Crippen LogP contribution in [0.25, 0.3) is 27.8 Å². The molecule has 0 bridgehead atoms. The minimum atomic E-state index is -0.0745. The molecule has 25 heavy (non-hydrogen) atoms. The number of fused-ring (bicyclic) bond motifs is 3. The Hall–Kier alpha value is -2.79. The van der Waals surface area contributed by atoms with Crippen LogP contribution in [-0.2, 0) is 6.54 Å². The molecule has 0 saturated carbocycles. The molecule has 0 radical (unpaired) electrons. The van der Waals surface area contributed by atoms with E-state index in [0.29, 0.717) is 12.4 Å². The van der Waals surface area contributed by atoms with E-state index in [9.17, 15) is 4.79 Å². The molecule has 0 atom stereocenters. The second kappa shape index (κ2) is 6.61. The maximum atomic E-state index is 13.0. The number of aryl methyl sites for hydroxylation is 1. The summed E-state index contributed by atoms with van der Waals surface area (Å²) in [6, 6.07) is 15.5. The van der Waals surface area contributed by atoms with Crippen molar-refractivity contribution >= 4 is 28.8 Å². The fraction of sp³-hybridized carbons (Fsp3) is 0.158. The Morgan fingerprint density at radius 3 is 2.44 bits per heavy atom. The minimum Gasteiger partial charge on any atom is -0.497 e. The summed E-state index contributed by atoms with van der Waals surface area (Å²) in [4.78, 5) is 17.5. The molecule has 0 aliphatic carbocycles. The smallest absolute Gasteiger partial charge is 0.334 e. The fourth-order valence-electron chi connectivity index (χ4n) is 3.13. The quantitative estimate of drug-likeness (QED) is 0.562. The van der Waals surface area contributed by atoms with Gasteiger partial charge in [0.2, 0.25) is 0 Å². The van der Waals surface area contributed by atoms with Gasteiger partial charge in [0, 0.05) is 17.5 Å². The third kappa shape index (κ3) is 2.57. The number of aromatic nitrogens is 3. The van der Waals surface area contributed by atoms with E-state index in [1.54, 1.807) is 22.3 Å². The molecule has 2 heterocycles. The summed E-state index contributed by atoms with van der Waals surface area (Å²) in [6.45, 7) is 2.58. The molecule has 0 fully saturated rings. The van der Waals surface area contributed by atoms with Crippen LogP contribution in [0.3, 0.4) is 0 Å². The van der Waals surface area contributed by atoms with Gasteiger partial charge in [0.25, 0.3) is 0 Å². The highest BCUT2D eigenvalue weighted by atomic mass is 35.5. The lowest BCUT2D eigenvalue weighted by molar-refractivity contribution is 0.415. The van der Waals surface area contributed by atoms with Gasteiger partial charge in [0.1, 0.15) is 11.6 Å². The SMILES string of the molecule is CCn1c(=O)n2c(-c3ccc(OC)cc3)ncc2c2ccccc21.Cl. The Bertz CT molecular complexity index is 1100. The fourth-order valence-corrected chi connectivity index (χ4v) is 3.13. The predicted octanol–water partition coefficient (Wildman–Crippen LogP) is 3.77. The van der Waals surface area contributed by atoms with Gasteiger partial charge in [0.15, 0.2) is 0 Å². The lowest BCUT2D eigenvalue weighted by atomic mass is 10.2. The van der Waals surface area contributed by atoms with Crippen LogP contribution in [0.15, 0.2) is 59.5 Å². The molecule has 6 heteroatoms. The van der Waals surface area contributed by atoms with Crippen LogP contribution in [0.1, 0.15) is 6.92 Å². The van der Waals surface area contributed by atoms with Crippen LogP contribution < -0.4 is 10.4 Å². The third-order valence-corrected chi connectivity index (χ3v) is 4.32. The summed E-state index contributed by atoms with van der Waals surface area (Å²) >= 11 is 0. The molecule has 2 aromatic heterocycles. The summed E-state index contributed by atoms with van der Waals surface area (Å²) in [5.74, 6) is 1.42. The second-order valence-electron chi connectivity index (χ2n) is 5.57. The number of nitrogens with zero attached hydrogens (tertiary/aromatic N) is 3. The first-order chi connectivity index (χ1) is 11.7. The number of hydrogen-bond donors (Lipinski definition) is 0. The Kier molecular flexibility index (Phi) is 4.51. The third-order valence-electron chi connectivity index (χ3n) is 4.32. The molecule has 0 saturated heterocycles. The number of methoxy groups -OCH3 is 1. The van der Waals surface area contributed by atoms with Gasteiger partial charge in [-0.25, -0.2) is 14.2 Å². The molecule has 0 amide bonds. The van der Waals surface area contributed by atoms with E-state index < -0.39 is 0 Å². The monoisotopic (exact) mass is 355 g/mol. The highest BCUT2D eigenvalue weighted by Crippen LogP contribution is 2.25. The number of rotatable bonds is 3. The number of benzene rings is 2. The topological polar surface area (TPSA) is 48.5 Å². The molecule has 4 rings (SSSR count). The summed E-state index contributed by atoms with van der Waals surface area (Å²) in [7, 11) is 1.63. The van der Waals surface area contributed by atoms with Crippen molar-refractivity contribution in [1.29, 1.82) is 0 Å². The molecule has 0 unspecified atom stereocenters. The molecular formula is C19H18ClN3O2. The molecule has 0 N–H and O–H groups in total. The maximum Gasteiger partial charge on any atom is 0.334 e. The lowest BCUT2D eigenvalue weighted by Crippen LogP contribution is -2.26. The van der Waals surface area contributed by atoms with Crippen LogP contribution in [0.2, 0.25) is 0 Å². The molecule has 5 nitrogen and oxygen atoms in total. The first kappa shape index (κ1) is 17.0. The van der Waals surface area contributed by atoms with E-state index in [1.165, 1.54) is 0 Å². The van der Waals surface area contributed by atoms with Gasteiger partial charge in [-0.2, -0.15) is 0 Å². The van der Waals surface area contributed by atoms with Crippen LogP contribution in [0.5, 0.6) is 5.75 Å². The number of halogens is 1. The highest BCUT2D eigenvalue weighted by Gasteiger charge is 2.15. The Morgan fingerprint density at radius 1 is 1.04 bits per heavy atom. The average molecular weight is 356 g/mol. The van der Waals surface area contributed by atoms with Crippen molar-refractivity contribution in [2.24, 2.45) is 0 Å². The standard InChI is InChI=1S/C19H17N3O2.ClH/c1-3-21-16-7-5-4-6-15(16)17-12-20-18(22(17)19(21)23)13-8-10-14(24-2)11-9-13;/h4-12H,3H2,1-2H3;1H. The summed E-state index contributed by atoms with van der Waals surface area (Å²) < 4.78 is 8.66. The van der Waals surface area contributed by atoms with E-state index in [-0.39, 0.29) is 18.1 Å². The number of hydrogen-bond acceptors (Lipinski definition) is 3. The van der Waals surface area contributed by atoms with Gasteiger partial charge in [-0.1, -0.05) is 18.2 Å². The molecular weight excluding hydrogens is 338 g/mol. The zero-order valence-corrected chi connectivity index (χ0v) is 14.8. The molecule has 0 aliphatic heterocycles. The molecule has 128 valence electrons. The van der Waals surface area contributed by atoms with Crippen LogP contribution in [0, 0.1) is 0 Å². The van der Waals surface area contributed by atoms with Crippen molar-refractivity contribution in [3.05, 3.63) is 65.2 Å². The normalized spacial score (nSPS) is 10.8. The maximum absolute atomic E-state index is 13.0. The second-order valence-corrected chi connectivity index (χ2v) is 5.57. The molecule has 0 spiro atoms. The van der Waals surface area contributed by atoms with Gasteiger partial charge < -0.3 is 4.74 Å². The van der Waals surface area contributed by atoms with E-state index in [4.69, 9.17) is 4.74 Å². The van der Waals surface area contributed by atoms with Crippen LogP contribution in [0.4, 0.5) is 0 Å². The first-order valence-corrected chi connectivity index (χ1v) is 7.88. The van der Waals surface area contributed by atoms with Crippen LogP contribution in [-0.4, -0.2) is 21.1 Å². The number of para-hydroxylation sites is 1. The zero-order valence-electron chi connectivity index (χ0n) is 14.0. The summed E-state index contributed by atoms with van der Waals surface area (Å²) in [5, 5.41) is 1.02. The van der Waals surface area contributed by atoms with Crippen molar-refractivity contribution in [3.8, 4) is 17.1 Å². The van der Waals surface area contributed by atoms with Gasteiger partial charge in [0.05, 0.1) is 24.3 Å². The van der Waals surface area contributed by atoms with Gasteiger partial charge in [-0.05, 0) is 37.3 Å². The summed E-state index contributed by atoms with van der Waals surface area (Å²) in [6.07, 6.45) is 1.77. The van der Waals surface area contributed by atoms with Crippen molar-refractivity contribution < 1.29 is 4.74 Å². The van der Waals surface area contributed by atoms with E-state index in [0.717, 1.165) is 27.7 Å². The minimum absolute atomic E-state index is 0. The van der Waals surface area contributed by atoms with Crippen molar-refractivity contribution in [2.75, 3.05) is 7.11 Å². The average Bonchev–Trinajstić information content (AvgIpc) is 3.08. The van der Waals surface area contributed by atoms with Crippen LogP contribution >= 0.6 is 12.4 Å². The van der Waals surface area contributed by atoms with E-state index in [1.807, 2.05) is 55.5 Å². The Balaban J connectivity index is 0.00000182. The van der Waals surface area contributed by atoms with Gasteiger partial charge in [-0.15, -0.1) is 12.4 Å². The lowest BCUT2D eigenvalue weighted by Gasteiger charge is -2.11. The Morgan fingerprint density at radius 2 is 1.76 bits per heavy atom. The van der Waals surface area contributed by atoms with Crippen molar-refractivity contribution in [3.63, 3.8) is 0 Å². The number of imidazole rings is 1. The molecule has 4 aromatic rings. The van der Waals surface area contributed by atoms with Crippen molar-refractivity contribution in [2.45, 2.75) is 13.5 Å². The first-order valence-electron chi connectivity index (χ1n) is 7.88. The predicted molar refractivity (Wildman–Crippen MR) is 102 cm³/mol. The van der Waals surface area contributed by atoms with E-state index in [2.05, 4.69) is 4.98 Å². The largest absolute Gasteiger partial charge is 0.497 e. The Labute approximate surface area is 150 Å². The zero-order chi connectivity index (χ0) is 16.7. The van der Waals surface area contributed by atoms with Gasteiger partial charge in [-0.3, -0.25) is 4.57 Å². The van der Waals surface area contributed by atoms with E-state index >= 15 is 0 Å². The molecule has 0 aliphatic rings. The summed E-state index contributed by atoms with van der Waals surface area (Å²) in [5.41, 5.74) is 2.56. The number of ether oxygens (including phenoxy) is 1. The molecule has 2 aromatic carbocycles.